The van der Waals surface area contributed by atoms with Crippen LogP contribution < -0.4 is 5.32 Å². The molecule has 1 aliphatic heterocycles. The molecule has 1 saturated heterocycles. The summed E-state index contributed by atoms with van der Waals surface area (Å²) in [5.41, 5.74) is 3.30. The number of carbonyl (C=O) groups excluding carboxylic acids is 2. The van der Waals surface area contributed by atoms with E-state index in [0.717, 1.165) is 4.90 Å². The Morgan fingerprint density at radius 2 is 1.78 bits per heavy atom. The summed E-state index contributed by atoms with van der Waals surface area (Å²) >= 11 is 0. The number of hydrogen-bond donors (Lipinski definition) is 3. The van der Waals surface area contributed by atoms with Crippen LogP contribution in [0, 0.1) is 10.1 Å². The van der Waals surface area contributed by atoms with Gasteiger partial charge in [-0.15, -0.1) is 0 Å². The molecule has 4 aromatic rings. The van der Waals surface area contributed by atoms with Crippen LogP contribution in [0.3, 0.4) is 0 Å². The summed E-state index contributed by atoms with van der Waals surface area (Å²) in [5.74, 6) is -0.577. The summed E-state index contributed by atoms with van der Waals surface area (Å²) in [7, 11) is 1.40. The van der Waals surface area contributed by atoms with E-state index in [4.69, 9.17) is 4.99 Å². The van der Waals surface area contributed by atoms with Gasteiger partial charge < -0.3 is 15.4 Å². The van der Waals surface area contributed by atoms with E-state index in [1.54, 1.807) is 36.4 Å². The maximum absolute atomic E-state index is 12.1. The predicted molar refractivity (Wildman–Crippen MR) is 134 cm³/mol. The van der Waals surface area contributed by atoms with Gasteiger partial charge in [0.15, 0.2) is 5.88 Å². The molecule has 5 rings (SSSR count). The Bertz CT molecular complexity index is 1590. The van der Waals surface area contributed by atoms with Crippen LogP contribution in [0.2, 0.25) is 0 Å². The van der Waals surface area contributed by atoms with Gasteiger partial charge in [-0.2, -0.15) is 0 Å². The molecular weight excluding hydrogens is 462 g/mol. The summed E-state index contributed by atoms with van der Waals surface area (Å²) < 4.78 is 0. The van der Waals surface area contributed by atoms with Crippen molar-refractivity contribution in [2.24, 2.45) is 4.99 Å². The molecule has 3 aromatic carbocycles. The van der Waals surface area contributed by atoms with Crippen molar-refractivity contribution in [1.82, 2.24) is 15.2 Å². The maximum Gasteiger partial charge on any atom is 0.328 e. The molecule has 0 radical (unpaired) electrons. The molecule has 1 aliphatic rings. The van der Waals surface area contributed by atoms with Crippen molar-refractivity contribution >= 4 is 46.0 Å². The van der Waals surface area contributed by atoms with Gasteiger partial charge >= 0.3 is 6.03 Å². The fraction of sp³-hybridized carbons (Fsp3) is 0.0385. The first-order valence-corrected chi connectivity index (χ1v) is 10.9. The lowest BCUT2D eigenvalue weighted by molar-refractivity contribution is -0.384. The number of carbonyl (C=O) groups is 2. The van der Waals surface area contributed by atoms with Gasteiger partial charge in [-0.3, -0.25) is 19.8 Å². The van der Waals surface area contributed by atoms with Crippen LogP contribution >= 0.6 is 0 Å². The van der Waals surface area contributed by atoms with E-state index in [2.05, 4.69) is 10.3 Å². The number of urea groups is 1. The van der Waals surface area contributed by atoms with Crippen molar-refractivity contribution in [2.75, 3.05) is 7.05 Å². The number of hydrogen-bond acceptors (Lipinski definition) is 6. The van der Waals surface area contributed by atoms with Crippen LogP contribution in [0.1, 0.15) is 16.7 Å². The normalized spacial score (nSPS) is 15.1. The molecule has 36 heavy (non-hydrogen) atoms. The molecule has 1 fully saturated rings. The third-order valence-electron chi connectivity index (χ3n) is 5.78. The molecule has 3 amide bonds. The van der Waals surface area contributed by atoms with E-state index < -0.39 is 16.9 Å². The highest BCUT2D eigenvalue weighted by molar-refractivity contribution is 6.22. The molecule has 10 heteroatoms. The Hall–Kier alpha value is -5.25. The fourth-order valence-electron chi connectivity index (χ4n) is 3.94. The lowest BCUT2D eigenvalue weighted by atomic mass is 10.0. The predicted octanol–water partition coefficient (Wildman–Crippen LogP) is 4.47. The minimum absolute atomic E-state index is 0.105. The Morgan fingerprint density at radius 3 is 2.42 bits per heavy atom. The van der Waals surface area contributed by atoms with Gasteiger partial charge in [-0.25, -0.2) is 9.79 Å². The van der Waals surface area contributed by atoms with Gasteiger partial charge in [-0.05, 0) is 29.8 Å². The van der Waals surface area contributed by atoms with Gasteiger partial charge in [-0.1, -0.05) is 42.5 Å². The third kappa shape index (κ3) is 4.07. The second-order valence-electron chi connectivity index (χ2n) is 8.11. The first-order chi connectivity index (χ1) is 17.3. The lowest BCUT2D eigenvalue weighted by Crippen LogP contribution is -2.25. The van der Waals surface area contributed by atoms with E-state index >= 15 is 0 Å². The number of aliphatic imine (C=N–C) groups is 1. The van der Waals surface area contributed by atoms with Crippen molar-refractivity contribution in [3.63, 3.8) is 0 Å². The minimum atomic E-state index is -0.491. The standard InChI is InChI=1S/C26H19N5O5/c1-30-25(33)21(29-26(30)34)13-15-7-9-17(10-8-15)27-23(16-5-3-2-4-6-16)22-19-14-18(31(35)36)11-12-20(19)28-24(22)32/h2-14,28,32H,1H3,(H,29,34). The molecule has 0 aliphatic carbocycles. The fourth-order valence-corrected chi connectivity index (χ4v) is 3.94. The molecule has 178 valence electrons. The Balaban J connectivity index is 1.60. The van der Waals surface area contributed by atoms with Crippen LogP contribution in [0.25, 0.3) is 17.0 Å². The van der Waals surface area contributed by atoms with Gasteiger partial charge in [0.25, 0.3) is 11.6 Å². The number of aromatic amines is 1. The van der Waals surface area contributed by atoms with Crippen LogP contribution in [0.4, 0.5) is 16.2 Å². The maximum atomic E-state index is 12.1. The summed E-state index contributed by atoms with van der Waals surface area (Å²) in [6, 6.07) is 19.9. The van der Waals surface area contributed by atoms with Crippen LogP contribution in [-0.2, 0) is 4.79 Å². The molecule has 0 spiro atoms. The molecule has 2 heterocycles. The molecule has 0 bridgehead atoms. The summed E-state index contributed by atoms with van der Waals surface area (Å²) in [6.07, 6.45) is 1.57. The van der Waals surface area contributed by atoms with Crippen molar-refractivity contribution in [2.45, 2.75) is 0 Å². The Kier molecular flexibility index (Phi) is 5.53. The topological polar surface area (TPSA) is 141 Å². The number of amides is 3. The Morgan fingerprint density at radius 1 is 1.06 bits per heavy atom. The van der Waals surface area contributed by atoms with Crippen molar-refractivity contribution < 1.29 is 19.6 Å². The molecule has 0 unspecified atom stereocenters. The molecular formula is C26H19N5O5. The zero-order valence-corrected chi connectivity index (χ0v) is 18.9. The van der Waals surface area contributed by atoms with E-state index in [1.807, 2.05) is 30.3 Å². The lowest BCUT2D eigenvalue weighted by Gasteiger charge is -2.08. The smallest absolute Gasteiger partial charge is 0.328 e. The molecule has 3 N–H and O–H groups in total. The number of nitro benzene ring substituents is 1. The Labute approximate surface area is 204 Å². The highest BCUT2D eigenvalue weighted by Gasteiger charge is 2.29. The third-order valence-corrected chi connectivity index (χ3v) is 5.78. The summed E-state index contributed by atoms with van der Waals surface area (Å²) in [4.78, 5) is 43.3. The van der Waals surface area contributed by atoms with Crippen molar-refractivity contribution in [3.05, 3.63) is 105 Å². The number of non-ortho nitro benzene ring substituents is 1. The van der Waals surface area contributed by atoms with Crippen LogP contribution in [0.5, 0.6) is 5.88 Å². The second kappa shape index (κ2) is 8.84. The van der Waals surface area contributed by atoms with Crippen molar-refractivity contribution in [1.29, 1.82) is 0 Å². The van der Waals surface area contributed by atoms with Crippen LogP contribution in [-0.4, -0.2) is 44.6 Å². The van der Waals surface area contributed by atoms with Crippen LogP contribution in [0.15, 0.2) is 83.5 Å². The molecule has 1 aromatic heterocycles. The molecule has 0 saturated carbocycles. The average molecular weight is 481 g/mol. The number of aromatic hydroxyl groups is 1. The first-order valence-electron chi connectivity index (χ1n) is 10.9. The number of benzene rings is 3. The monoisotopic (exact) mass is 481 g/mol. The summed E-state index contributed by atoms with van der Waals surface area (Å²) in [6.45, 7) is 0. The van der Waals surface area contributed by atoms with Gasteiger partial charge in [0, 0.05) is 35.6 Å². The van der Waals surface area contributed by atoms with E-state index in [1.165, 1.54) is 19.2 Å². The van der Waals surface area contributed by atoms with E-state index in [-0.39, 0.29) is 17.3 Å². The van der Waals surface area contributed by atoms with Crippen molar-refractivity contribution in [3.8, 4) is 5.88 Å². The number of likely N-dealkylation sites (N-methyl/N-ethyl adjacent to an activating group) is 1. The molecule has 10 nitrogen and oxygen atoms in total. The largest absolute Gasteiger partial charge is 0.494 e. The van der Waals surface area contributed by atoms with E-state index in [9.17, 15) is 24.8 Å². The highest BCUT2D eigenvalue weighted by atomic mass is 16.6. The van der Waals surface area contributed by atoms with Gasteiger partial charge in [0.1, 0.15) is 5.70 Å². The number of nitrogens with one attached hydrogen (secondary N) is 2. The SMILES string of the molecule is CN1C(=O)NC(=Cc2ccc(N=C(c3ccccc3)c3c(O)[nH]c4ccc([N+](=O)[O-])cc34)cc2)C1=O. The number of rotatable bonds is 5. The van der Waals surface area contributed by atoms with E-state index in [0.29, 0.717) is 39.0 Å². The number of aromatic nitrogens is 1. The van der Waals surface area contributed by atoms with Gasteiger partial charge in [0.05, 0.1) is 21.9 Å². The average Bonchev–Trinajstić information content (AvgIpc) is 3.33. The number of fused-ring (bicyclic) bond motifs is 1. The quantitative estimate of drug-likeness (QED) is 0.127. The number of nitro groups is 1. The number of imide groups is 1. The number of nitrogens with zero attached hydrogens (tertiary/aromatic N) is 3. The van der Waals surface area contributed by atoms with Gasteiger partial charge in [0.2, 0.25) is 0 Å². The summed E-state index contributed by atoms with van der Waals surface area (Å²) in [5, 5.41) is 25.1. The zero-order chi connectivity index (χ0) is 25.4. The minimum Gasteiger partial charge on any atom is -0.494 e. The second-order valence-corrected chi connectivity index (χ2v) is 8.11. The zero-order valence-electron chi connectivity index (χ0n) is 18.9. The molecule has 0 atom stereocenters. The first kappa shape index (κ1) is 22.5. The highest BCUT2D eigenvalue weighted by Crippen LogP contribution is 2.33. The number of H-pyrrole nitrogens is 1.